The largest absolute Gasteiger partial charge is 0.493 e. The highest BCUT2D eigenvalue weighted by Gasteiger charge is 2.51. The first kappa shape index (κ1) is 22.6. The second-order valence-corrected chi connectivity index (χ2v) is 9.10. The average Bonchev–Trinajstić information content (AvgIpc) is 3.38. The third-order valence-electron chi connectivity index (χ3n) is 6.75. The Balaban J connectivity index is 1.61. The van der Waals surface area contributed by atoms with Crippen LogP contribution >= 0.6 is 0 Å². The number of hydrogen-bond donors (Lipinski definition) is 2. The number of carbonyl (C=O) groups is 1. The number of anilines is 1. The van der Waals surface area contributed by atoms with Crippen LogP contribution in [0.25, 0.3) is 10.9 Å². The van der Waals surface area contributed by atoms with Gasteiger partial charge in [-0.25, -0.2) is 9.78 Å². The van der Waals surface area contributed by atoms with E-state index < -0.39 is 11.5 Å². The first-order chi connectivity index (χ1) is 15.5. The minimum Gasteiger partial charge on any atom is -0.493 e. The molecule has 7 heteroatoms. The molecule has 0 radical (unpaired) electrons. The number of fused-ring (bicyclic) bond motifs is 1. The van der Waals surface area contributed by atoms with Crippen molar-refractivity contribution in [3.05, 3.63) is 23.3 Å². The molecule has 2 fully saturated rings. The number of methoxy groups -OCH3 is 1. The van der Waals surface area contributed by atoms with Crippen LogP contribution < -0.4 is 14.8 Å². The number of nitrogens with zero attached hydrogens (tertiary/aromatic N) is 2. The lowest BCUT2D eigenvalue weighted by Crippen LogP contribution is -2.32. The molecule has 2 heterocycles. The number of carboxylic acid groups (broad SMARTS) is 1. The van der Waals surface area contributed by atoms with Crippen LogP contribution in [0.1, 0.15) is 56.6 Å². The number of pyridine rings is 1. The predicted octanol–water partition coefficient (Wildman–Crippen LogP) is 4.40. The quantitative estimate of drug-likeness (QED) is 0.500. The van der Waals surface area contributed by atoms with Gasteiger partial charge in [-0.1, -0.05) is 13.3 Å². The van der Waals surface area contributed by atoms with Crippen molar-refractivity contribution in [2.24, 2.45) is 0 Å². The summed E-state index contributed by atoms with van der Waals surface area (Å²) < 4.78 is 11.7. The number of rotatable bonds is 11. The second-order valence-electron chi connectivity index (χ2n) is 9.10. The molecule has 7 nitrogen and oxygen atoms in total. The van der Waals surface area contributed by atoms with Crippen molar-refractivity contribution in [2.45, 2.75) is 64.3 Å². The number of hydrogen-bond acceptors (Lipinski definition) is 6. The summed E-state index contributed by atoms with van der Waals surface area (Å²) in [6, 6.07) is 3.93. The number of ether oxygens (including phenoxy) is 2. The van der Waals surface area contributed by atoms with Gasteiger partial charge in [-0.15, -0.1) is 0 Å². The molecule has 1 aromatic carbocycles. The summed E-state index contributed by atoms with van der Waals surface area (Å²) in [6.07, 6.45) is 6.61. The molecule has 2 aromatic rings. The SMILES string of the molecule is CCCc1c(NC2(C(=O)O)CC2)nc2cc(OCCCN3CCCC3)c(OC)cc2c1C. The van der Waals surface area contributed by atoms with Gasteiger partial charge in [0.15, 0.2) is 11.5 Å². The van der Waals surface area contributed by atoms with E-state index in [2.05, 4.69) is 24.1 Å². The first-order valence-electron chi connectivity index (χ1n) is 11.9. The molecule has 32 heavy (non-hydrogen) atoms. The van der Waals surface area contributed by atoms with E-state index in [1.165, 1.54) is 25.9 Å². The van der Waals surface area contributed by atoms with E-state index in [-0.39, 0.29) is 0 Å². The fourth-order valence-electron chi connectivity index (χ4n) is 4.62. The Morgan fingerprint density at radius 2 is 2.00 bits per heavy atom. The normalized spacial score (nSPS) is 17.5. The Hall–Kier alpha value is -2.54. The average molecular weight is 442 g/mol. The Bertz CT molecular complexity index is 981. The number of aromatic nitrogens is 1. The van der Waals surface area contributed by atoms with Crippen molar-refractivity contribution in [1.82, 2.24) is 9.88 Å². The molecule has 0 spiro atoms. The third-order valence-corrected chi connectivity index (χ3v) is 6.75. The molecule has 4 rings (SSSR count). The molecule has 0 atom stereocenters. The fourth-order valence-corrected chi connectivity index (χ4v) is 4.62. The van der Waals surface area contributed by atoms with Crippen molar-refractivity contribution in [1.29, 1.82) is 0 Å². The second kappa shape index (κ2) is 9.53. The van der Waals surface area contributed by atoms with Gasteiger partial charge in [0.2, 0.25) is 0 Å². The molecular weight excluding hydrogens is 406 g/mol. The molecule has 0 unspecified atom stereocenters. The van der Waals surface area contributed by atoms with Gasteiger partial charge in [-0.3, -0.25) is 0 Å². The maximum atomic E-state index is 11.8. The van der Waals surface area contributed by atoms with Gasteiger partial charge in [-0.2, -0.15) is 0 Å². The van der Waals surface area contributed by atoms with Crippen LogP contribution in [0, 0.1) is 6.92 Å². The Labute approximate surface area is 190 Å². The zero-order chi connectivity index (χ0) is 22.7. The molecule has 1 saturated heterocycles. The van der Waals surface area contributed by atoms with Crippen molar-refractivity contribution < 1.29 is 19.4 Å². The lowest BCUT2D eigenvalue weighted by atomic mass is 9.99. The topological polar surface area (TPSA) is 83.9 Å². The Morgan fingerprint density at radius 3 is 2.62 bits per heavy atom. The minimum absolute atomic E-state index is 0.624. The highest BCUT2D eigenvalue weighted by atomic mass is 16.5. The highest BCUT2D eigenvalue weighted by Crippen LogP contribution is 2.42. The number of likely N-dealkylation sites (tertiary alicyclic amines) is 1. The van der Waals surface area contributed by atoms with Crippen molar-refractivity contribution >= 4 is 22.7 Å². The summed E-state index contributed by atoms with van der Waals surface area (Å²) in [6.45, 7) is 8.26. The molecule has 0 bridgehead atoms. The summed E-state index contributed by atoms with van der Waals surface area (Å²) >= 11 is 0. The molecule has 2 aliphatic rings. The van der Waals surface area contributed by atoms with Crippen LogP contribution in [0.15, 0.2) is 12.1 Å². The predicted molar refractivity (Wildman–Crippen MR) is 126 cm³/mol. The standard InChI is InChI=1S/C25H35N3O4/c1-4-8-18-17(2)19-15-21(31-3)22(32-14-7-13-28-11-5-6-12-28)16-20(19)26-23(18)27-25(9-10-25)24(29)30/h15-16H,4-14H2,1-3H3,(H,26,27)(H,29,30). The van der Waals surface area contributed by atoms with E-state index >= 15 is 0 Å². The molecule has 0 amide bonds. The third kappa shape index (κ3) is 4.63. The van der Waals surface area contributed by atoms with E-state index in [1.54, 1.807) is 7.11 Å². The van der Waals surface area contributed by atoms with Crippen LogP contribution in [0.3, 0.4) is 0 Å². The summed E-state index contributed by atoms with van der Waals surface area (Å²) in [7, 11) is 1.66. The number of benzene rings is 1. The van der Waals surface area contributed by atoms with E-state index in [1.807, 2.05) is 12.1 Å². The molecule has 1 aliphatic heterocycles. The van der Waals surface area contributed by atoms with Gasteiger partial charge in [0, 0.05) is 18.0 Å². The van der Waals surface area contributed by atoms with Crippen LogP contribution in [-0.4, -0.2) is 59.8 Å². The van der Waals surface area contributed by atoms with Gasteiger partial charge in [0.1, 0.15) is 11.4 Å². The van der Waals surface area contributed by atoms with E-state index in [4.69, 9.17) is 14.5 Å². The lowest BCUT2D eigenvalue weighted by Gasteiger charge is -2.20. The van der Waals surface area contributed by atoms with E-state index in [9.17, 15) is 9.90 Å². The summed E-state index contributed by atoms with van der Waals surface area (Å²) in [4.78, 5) is 19.1. The van der Waals surface area contributed by atoms with Gasteiger partial charge >= 0.3 is 5.97 Å². The van der Waals surface area contributed by atoms with Crippen LogP contribution in [0.2, 0.25) is 0 Å². The van der Waals surface area contributed by atoms with Gasteiger partial charge in [-0.05, 0) is 75.7 Å². The monoisotopic (exact) mass is 441 g/mol. The van der Waals surface area contributed by atoms with Crippen molar-refractivity contribution in [3.63, 3.8) is 0 Å². The molecule has 1 aliphatic carbocycles. The van der Waals surface area contributed by atoms with Crippen molar-refractivity contribution in [2.75, 3.05) is 38.7 Å². The zero-order valence-corrected chi connectivity index (χ0v) is 19.5. The Morgan fingerprint density at radius 1 is 1.25 bits per heavy atom. The van der Waals surface area contributed by atoms with E-state index in [0.29, 0.717) is 36.8 Å². The smallest absolute Gasteiger partial charge is 0.329 e. The van der Waals surface area contributed by atoms with Gasteiger partial charge < -0.3 is 24.8 Å². The molecule has 174 valence electrons. The number of aryl methyl sites for hydroxylation is 1. The summed E-state index contributed by atoms with van der Waals surface area (Å²) in [5.41, 5.74) is 2.10. The minimum atomic E-state index is -0.878. The summed E-state index contributed by atoms with van der Waals surface area (Å²) in [5.74, 6) is 1.26. The number of carboxylic acids is 1. The van der Waals surface area contributed by atoms with Crippen LogP contribution in [0.5, 0.6) is 11.5 Å². The Kier molecular flexibility index (Phi) is 6.74. The molecule has 1 aromatic heterocycles. The number of aliphatic carboxylic acids is 1. The van der Waals surface area contributed by atoms with Gasteiger partial charge in [0.05, 0.1) is 19.2 Å². The maximum absolute atomic E-state index is 11.8. The van der Waals surface area contributed by atoms with Crippen LogP contribution in [-0.2, 0) is 11.2 Å². The zero-order valence-electron chi connectivity index (χ0n) is 19.5. The van der Waals surface area contributed by atoms with Gasteiger partial charge in [0.25, 0.3) is 0 Å². The van der Waals surface area contributed by atoms with E-state index in [0.717, 1.165) is 47.8 Å². The summed E-state index contributed by atoms with van der Waals surface area (Å²) in [5, 5.41) is 13.9. The first-order valence-corrected chi connectivity index (χ1v) is 11.9. The molecule has 1 saturated carbocycles. The lowest BCUT2D eigenvalue weighted by molar-refractivity contribution is -0.138. The molecule has 2 N–H and O–H groups in total. The fraction of sp³-hybridized carbons (Fsp3) is 0.600. The molecular formula is C25H35N3O4. The number of nitrogens with one attached hydrogen (secondary N) is 1. The van der Waals surface area contributed by atoms with Crippen LogP contribution in [0.4, 0.5) is 5.82 Å². The van der Waals surface area contributed by atoms with Crippen molar-refractivity contribution in [3.8, 4) is 11.5 Å². The highest BCUT2D eigenvalue weighted by molar-refractivity contribution is 5.91. The maximum Gasteiger partial charge on any atom is 0.329 e.